The third-order valence-electron chi connectivity index (χ3n) is 5.43. The van der Waals surface area contributed by atoms with Crippen LogP contribution in [-0.2, 0) is 4.74 Å². The number of unbranched alkanes of at least 4 members (excludes halogenated alkanes) is 1. The van der Waals surface area contributed by atoms with Crippen LogP contribution in [0.3, 0.4) is 0 Å². The van der Waals surface area contributed by atoms with Crippen LogP contribution < -0.4 is 9.47 Å². The van der Waals surface area contributed by atoms with Gasteiger partial charge in [0.05, 0.1) is 24.4 Å². The molecule has 0 aliphatic heterocycles. The molecule has 0 fully saturated rings. The van der Waals surface area contributed by atoms with Crippen LogP contribution in [0.15, 0.2) is 24.3 Å². The van der Waals surface area contributed by atoms with Crippen molar-refractivity contribution in [3.63, 3.8) is 0 Å². The Labute approximate surface area is 180 Å². The highest BCUT2D eigenvalue weighted by Gasteiger charge is 2.14. The van der Waals surface area contributed by atoms with Crippen molar-refractivity contribution in [1.82, 2.24) is 0 Å². The van der Waals surface area contributed by atoms with Gasteiger partial charge in [-0.05, 0) is 76.6 Å². The molecular weight excluding hydrogens is 360 g/mol. The second-order valence-electron chi connectivity index (χ2n) is 8.41. The van der Waals surface area contributed by atoms with E-state index in [2.05, 4.69) is 41.5 Å². The van der Waals surface area contributed by atoms with E-state index in [4.69, 9.17) is 14.2 Å². The van der Waals surface area contributed by atoms with Crippen LogP contribution in [-0.4, -0.2) is 24.4 Å². The molecule has 0 spiro atoms. The van der Waals surface area contributed by atoms with E-state index in [1.165, 1.54) is 12.8 Å². The van der Waals surface area contributed by atoms with E-state index in [0.29, 0.717) is 12.2 Å². The van der Waals surface area contributed by atoms with Crippen molar-refractivity contribution in [2.75, 3.05) is 0 Å². The molecule has 0 heterocycles. The van der Waals surface area contributed by atoms with Gasteiger partial charge in [-0.15, -0.1) is 0 Å². The van der Waals surface area contributed by atoms with E-state index in [9.17, 15) is 0 Å². The molecule has 168 valence electrons. The van der Waals surface area contributed by atoms with Crippen LogP contribution in [0.2, 0.25) is 0 Å². The van der Waals surface area contributed by atoms with Gasteiger partial charge in [-0.3, -0.25) is 0 Å². The highest BCUT2D eigenvalue weighted by atomic mass is 16.5. The lowest BCUT2D eigenvalue weighted by molar-refractivity contribution is -0.00682. The van der Waals surface area contributed by atoms with E-state index in [1.54, 1.807) is 0 Å². The Morgan fingerprint density at radius 3 is 1.62 bits per heavy atom. The summed E-state index contributed by atoms with van der Waals surface area (Å²) in [6.45, 7) is 13.2. The molecule has 0 bridgehead atoms. The molecule has 3 heteroatoms. The molecule has 0 aliphatic rings. The van der Waals surface area contributed by atoms with Gasteiger partial charge in [0, 0.05) is 0 Å². The third kappa shape index (κ3) is 11.5. The van der Waals surface area contributed by atoms with E-state index < -0.39 is 0 Å². The molecule has 3 unspecified atom stereocenters. The maximum Gasteiger partial charge on any atom is 0.119 e. The Balaban J connectivity index is 2.45. The van der Waals surface area contributed by atoms with Crippen LogP contribution in [0, 0.1) is 0 Å². The zero-order valence-corrected chi connectivity index (χ0v) is 19.9. The Kier molecular flexibility index (Phi) is 13.9. The first-order valence-corrected chi connectivity index (χ1v) is 12.1. The molecule has 0 aromatic heterocycles. The number of rotatable bonds is 17. The summed E-state index contributed by atoms with van der Waals surface area (Å²) in [6.07, 6.45) is 12.4. The fraction of sp³-hybridized carbons (Fsp3) is 0.769. The van der Waals surface area contributed by atoms with Gasteiger partial charge in [0.1, 0.15) is 11.5 Å². The van der Waals surface area contributed by atoms with E-state index in [0.717, 1.165) is 62.9 Å². The highest BCUT2D eigenvalue weighted by Crippen LogP contribution is 2.23. The second kappa shape index (κ2) is 15.6. The minimum Gasteiger partial charge on any atom is -0.490 e. The molecule has 1 rings (SSSR count). The summed E-state index contributed by atoms with van der Waals surface area (Å²) in [5.74, 6) is 1.87. The van der Waals surface area contributed by atoms with Gasteiger partial charge in [0.2, 0.25) is 0 Å². The standard InChI is InChI=1S/C26H46O3/c1-7-11-14-21(5)27-22(6)15-16-23(10-4)28-25-17-19-26(20-18-25)29-24(12-8-2)13-9-3/h17-24H,7-16H2,1-6H3. The van der Waals surface area contributed by atoms with Crippen molar-refractivity contribution in [3.8, 4) is 11.5 Å². The quantitative estimate of drug-likeness (QED) is 0.263. The summed E-state index contributed by atoms with van der Waals surface area (Å²) in [5.41, 5.74) is 0. The van der Waals surface area contributed by atoms with Crippen molar-refractivity contribution in [3.05, 3.63) is 24.3 Å². The molecule has 0 saturated heterocycles. The summed E-state index contributed by atoms with van der Waals surface area (Å²) < 4.78 is 18.5. The Bertz CT molecular complexity index is 493. The lowest BCUT2D eigenvalue weighted by Gasteiger charge is -2.23. The fourth-order valence-corrected chi connectivity index (χ4v) is 3.68. The minimum atomic E-state index is 0.228. The molecule has 3 atom stereocenters. The lowest BCUT2D eigenvalue weighted by atomic mass is 10.1. The van der Waals surface area contributed by atoms with Crippen LogP contribution in [0.4, 0.5) is 0 Å². The van der Waals surface area contributed by atoms with Crippen molar-refractivity contribution in [2.24, 2.45) is 0 Å². The molecule has 1 aromatic rings. The van der Waals surface area contributed by atoms with Gasteiger partial charge in [0.25, 0.3) is 0 Å². The van der Waals surface area contributed by atoms with E-state index >= 15 is 0 Å². The van der Waals surface area contributed by atoms with Crippen molar-refractivity contribution in [1.29, 1.82) is 0 Å². The van der Waals surface area contributed by atoms with Gasteiger partial charge in [-0.1, -0.05) is 53.4 Å². The maximum atomic E-state index is 6.23. The largest absolute Gasteiger partial charge is 0.490 e. The van der Waals surface area contributed by atoms with Gasteiger partial charge in [-0.25, -0.2) is 0 Å². The zero-order chi connectivity index (χ0) is 21.5. The predicted molar refractivity (Wildman–Crippen MR) is 124 cm³/mol. The Morgan fingerprint density at radius 2 is 1.14 bits per heavy atom. The average molecular weight is 407 g/mol. The topological polar surface area (TPSA) is 27.7 Å². The Morgan fingerprint density at radius 1 is 0.621 bits per heavy atom. The minimum absolute atomic E-state index is 0.228. The summed E-state index contributed by atoms with van der Waals surface area (Å²) in [7, 11) is 0. The first-order chi connectivity index (χ1) is 14.0. The number of benzene rings is 1. The summed E-state index contributed by atoms with van der Waals surface area (Å²) in [6, 6.07) is 8.17. The Hall–Kier alpha value is -1.22. The molecule has 3 nitrogen and oxygen atoms in total. The summed E-state index contributed by atoms with van der Waals surface area (Å²) >= 11 is 0. The van der Waals surface area contributed by atoms with Crippen molar-refractivity contribution in [2.45, 2.75) is 130 Å². The molecule has 0 N–H and O–H groups in total. The highest BCUT2D eigenvalue weighted by molar-refractivity contribution is 5.31. The lowest BCUT2D eigenvalue weighted by Crippen LogP contribution is -2.21. The van der Waals surface area contributed by atoms with Crippen LogP contribution in [0.25, 0.3) is 0 Å². The van der Waals surface area contributed by atoms with Crippen LogP contribution in [0.5, 0.6) is 11.5 Å². The second-order valence-corrected chi connectivity index (χ2v) is 8.41. The smallest absolute Gasteiger partial charge is 0.119 e. The van der Waals surface area contributed by atoms with Crippen molar-refractivity contribution >= 4 is 0 Å². The predicted octanol–water partition coefficient (Wildman–Crippen LogP) is 7.96. The molecule has 0 aliphatic carbocycles. The van der Waals surface area contributed by atoms with Gasteiger partial charge >= 0.3 is 0 Å². The number of ether oxygens (including phenoxy) is 3. The first-order valence-electron chi connectivity index (χ1n) is 12.1. The first kappa shape index (κ1) is 25.8. The van der Waals surface area contributed by atoms with E-state index in [1.807, 2.05) is 24.3 Å². The summed E-state index contributed by atoms with van der Waals surface area (Å²) in [5, 5.41) is 0. The monoisotopic (exact) mass is 406 g/mol. The van der Waals surface area contributed by atoms with Crippen LogP contribution in [0.1, 0.15) is 106 Å². The normalized spacial score (nSPS) is 14.6. The molecule has 0 amide bonds. The molecular formula is C26H46O3. The number of hydrogen-bond acceptors (Lipinski definition) is 3. The maximum absolute atomic E-state index is 6.23. The van der Waals surface area contributed by atoms with Gasteiger partial charge in [-0.2, -0.15) is 0 Å². The van der Waals surface area contributed by atoms with E-state index in [-0.39, 0.29) is 12.2 Å². The molecule has 29 heavy (non-hydrogen) atoms. The van der Waals surface area contributed by atoms with Crippen molar-refractivity contribution < 1.29 is 14.2 Å². The molecule has 0 radical (unpaired) electrons. The molecule has 1 aromatic carbocycles. The number of hydrogen-bond donors (Lipinski definition) is 0. The fourth-order valence-electron chi connectivity index (χ4n) is 3.68. The average Bonchev–Trinajstić information content (AvgIpc) is 2.71. The van der Waals surface area contributed by atoms with Crippen LogP contribution >= 0.6 is 0 Å². The zero-order valence-electron chi connectivity index (χ0n) is 19.9. The summed E-state index contributed by atoms with van der Waals surface area (Å²) in [4.78, 5) is 0. The third-order valence-corrected chi connectivity index (χ3v) is 5.43. The van der Waals surface area contributed by atoms with Gasteiger partial charge < -0.3 is 14.2 Å². The van der Waals surface area contributed by atoms with Gasteiger partial charge in [0.15, 0.2) is 0 Å². The molecule has 0 saturated carbocycles. The SMILES string of the molecule is CCCCC(C)OC(C)CCC(CC)Oc1ccc(OC(CCC)CCC)cc1.